The molecule has 0 saturated heterocycles. The fourth-order valence-electron chi connectivity index (χ4n) is 2.46. The summed E-state index contributed by atoms with van der Waals surface area (Å²) in [4.78, 5) is 4.58. The molecule has 1 heterocycles. The van der Waals surface area contributed by atoms with Crippen LogP contribution < -0.4 is 0 Å². The summed E-state index contributed by atoms with van der Waals surface area (Å²) >= 11 is 1.59. The zero-order valence-corrected chi connectivity index (χ0v) is 14.7. The standard InChI is InChI=1S/C19H21N3OS/c1-3-14-9-11-16(12-10-14)18-20-19(22-21-18)24-13-17(23-2)15-7-5-4-6-8-15/h4-12,17H,3,13H2,1-2H3,(H,20,21,22). The normalized spacial score (nSPS) is 12.2. The van der Waals surface area contributed by atoms with Gasteiger partial charge in [0.05, 0.1) is 6.10 Å². The molecule has 0 radical (unpaired) electrons. The second kappa shape index (κ2) is 8.13. The number of thioether (sulfide) groups is 1. The molecule has 1 atom stereocenters. The number of nitrogens with one attached hydrogen (secondary N) is 1. The van der Waals surface area contributed by atoms with E-state index in [1.165, 1.54) is 11.1 Å². The summed E-state index contributed by atoms with van der Waals surface area (Å²) in [7, 11) is 1.73. The lowest BCUT2D eigenvalue weighted by Gasteiger charge is -2.14. The summed E-state index contributed by atoms with van der Waals surface area (Å²) in [6.07, 6.45) is 1.07. The van der Waals surface area contributed by atoms with Gasteiger partial charge in [-0.05, 0) is 17.5 Å². The SMILES string of the molecule is CCc1ccc(-c2nc(SCC(OC)c3ccccc3)n[nH]2)cc1. The maximum atomic E-state index is 5.59. The Balaban J connectivity index is 1.65. The largest absolute Gasteiger partial charge is 0.376 e. The second-order valence-electron chi connectivity index (χ2n) is 5.46. The van der Waals surface area contributed by atoms with Gasteiger partial charge < -0.3 is 4.74 Å². The molecule has 0 aliphatic rings. The summed E-state index contributed by atoms with van der Waals surface area (Å²) in [5.41, 5.74) is 3.54. The van der Waals surface area contributed by atoms with Gasteiger partial charge in [-0.25, -0.2) is 4.98 Å². The number of hydrogen-bond donors (Lipinski definition) is 1. The Kier molecular flexibility index (Phi) is 5.67. The maximum absolute atomic E-state index is 5.59. The van der Waals surface area contributed by atoms with Crippen molar-refractivity contribution in [1.82, 2.24) is 15.2 Å². The third-order valence-corrected chi connectivity index (χ3v) is 4.83. The van der Waals surface area contributed by atoms with Crippen molar-refractivity contribution in [2.45, 2.75) is 24.6 Å². The van der Waals surface area contributed by atoms with Crippen LogP contribution in [0.3, 0.4) is 0 Å². The minimum absolute atomic E-state index is 0.0296. The predicted octanol–water partition coefficient (Wildman–Crippen LogP) is 4.51. The highest BCUT2D eigenvalue weighted by molar-refractivity contribution is 7.99. The fourth-order valence-corrected chi connectivity index (χ4v) is 3.35. The molecular formula is C19H21N3OS. The molecule has 24 heavy (non-hydrogen) atoms. The first-order chi connectivity index (χ1) is 11.8. The molecule has 3 rings (SSSR count). The molecule has 3 aromatic rings. The van der Waals surface area contributed by atoms with E-state index in [1.54, 1.807) is 18.9 Å². The Morgan fingerprint density at radius 3 is 2.50 bits per heavy atom. The molecule has 124 valence electrons. The van der Waals surface area contributed by atoms with Crippen molar-refractivity contribution < 1.29 is 4.74 Å². The Morgan fingerprint density at radius 2 is 1.83 bits per heavy atom. The predicted molar refractivity (Wildman–Crippen MR) is 98.1 cm³/mol. The van der Waals surface area contributed by atoms with Gasteiger partial charge >= 0.3 is 0 Å². The van der Waals surface area contributed by atoms with Crippen molar-refractivity contribution in [3.05, 3.63) is 65.7 Å². The maximum Gasteiger partial charge on any atom is 0.208 e. The van der Waals surface area contributed by atoms with E-state index in [1.807, 2.05) is 18.2 Å². The zero-order valence-electron chi connectivity index (χ0n) is 13.9. The van der Waals surface area contributed by atoms with Crippen molar-refractivity contribution in [2.24, 2.45) is 0 Å². The highest BCUT2D eigenvalue weighted by Gasteiger charge is 2.13. The Hall–Kier alpha value is -2.11. The van der Waals surface area contributed by atoms with Gasteiger partial charge in [0.25, 0.3) is 0 Å². The van der Waals surface area contributed by atoms with Crippen LogP contribution in [-0.4, -0.2) is 28.0 Å². The number of methoxy groups -OCH3 is 1. The lowest BCUT2D eigenvalue weighted by Crippen LogP contribution is -2.04. The molecule has 1 N–H and O–H groups in total. The van der Waals surface area contributed by atoms with Crippen molar-refractivity contribution in [3.8, 4) is 11.4 Å². The highest BCUT2D eigenvalue weighted by Crippen LogP contribution is 2.26. The summed E-state index contributed by atoms with van der Waals surface area (Å²) in [6, 6.07) is 18.6. The van der Waals surface area contributed by atoms with Crippen LogP contribution >= 0.6 is 11.8 Å². The van der Waals surface area contributed by atoms with Crippen LogP contribution in [0.1, 0.15) is 24.2 Å². The van der Waals surface area contributed by atoms with E-state index in [9.17, 15) is 0 Å². The third-order valence-electron chi connectivity index (χ3n) is 3.92. The van der Waals surface area contributed by atoms with Gasteiger partial charge in [-0.2, -0.15) is 0 Å². The van der Waals surface area contributed by atoms with Crippen LogP contribution in [-0.2, 0) is 11.2 Å². The number of aromatic nitrogens is 3. The average Bonchev–Trinajstić information content (AvgIpc) is 3.12. The number of hydrogen-bond acceptors (Lipinski definition) is 4. The first-order valence-corrected chi connectivity index (χ1v) is 9.01. The second-order valence-corrected chi connectivity index (χ2v) is 6.45. The number of aromatic amines is 1. The molecule has 0 aliphatic carbocycles. The molecule has 0 bridgehead atoms. The summed E-state index contributed by atoms with van der Waals surface area (Å²) in [5.74, 6) is 1.57. The van der Waals surface area contributed by atoms with Gasteiger partial charge in [0, 0.05) is 18.4 Å². The summed E-state index contributed by atoms with van der Waals surface area (Å²) in [6.45, 7) is 2.15. The summed E-state index contributed by atoms with van der Waals surface area (Å²) in [5, 5.41) is 8.06. The van der Waals surface area contributed by atoms with Gasteiger partial charge in [-0.3, -0.25) is 5.10 Å². The molecular weight excluding hydrogens is 318 g/mol. The average molecular weight is 339 g/mol. The van der Waals surface area contributed by atoms with Gasteiger partial charge in [0.15, 0.2) is 5.82 Å². The fraction of sp³-hybridized carbons (Fsp3) is 0.263. The topological polar surface area (TPSA) is 50.8 Å². The van der Waals surface area contributed by atoms with E-state index in [0.29, 0.717) is 0 Å². The zero-order chi connectivity index (χ0) is 16.8. The van der Waals surface area contributed by atoms with Gasteiger partial charge in [-0.1, -0.05) is 73.3 Å². The van der Waals surface area contributed by atoms with Crippen LogP contribution in [0, 0.1) is 0 Å². The number of nitrogens with zero attached hydrogens (tertiary/aromatic N) is 2. The molecule has 4 nitrogen and oxygen atoms in total. The van der Waals surface area contributed by atoms with E-state index >= 15 is 0 Å². The molecule has 0 fully saturated rings. The van der Waals surface area contributed by atoms with E-state index in [4.69, 9.17) is 4.74 Å². The van der Waals surface area contributed by atoms with Crippen molar-refractivity contribution in [1.29, 1.82) is 0 Å². The number of aryl methyl sites for hydroxylation is 1. The van der Waals surface area contributed by atoms with Crippen LogP contribution in [0.5, 0.6) is 0 Å². The Labute approximate surface area is 146 Å². The first-order valence-electron chi connectivity index (χ1n) is 8.02. The van der Waals surface area contributed by atoms with E-state index in [-0.39, 0.29) is 6.10 Å². The molecule has 2 aromatic carbocycles. The van der Waals surface area contributed by atoms with Crippen molar-refractivity contribution >= 4 is 11.8 Å². The van der Waals surface area contributed by atoms with Gasteiger partial charge in [0.2, 0.25) is 5.16 Å². The van der Waals surface area contributed by atoms with Crippen molar-refractivity contribution in [3.63, 3.8) is 0 Å². The van der Waals surface area contributed by atoms with Crippen LogP contribution in [0.15, 0.2) is 59.8 Å². The van der Waals surface area contributed by atoms with Crippen LogP contribution in [0.4, 0.5) is 0 Å². The van der Waals surface area contributed by atoms with Crippen molar-refractivity contribution in [2.75, 3.05) is 12.9 Å². The molecule has 1 unspecified atom stereocenters. The molecule has 0 amide bonds. The minimum Gasteiger partial charge on any atom is -0.376 e. The minimum atomic E-state index is 0.0296. The van der Waals surface area contributed by atoms with E-state index < -0.39 is 0 Å². The lowest BCUT2D eigenvalue weighted by atomic mass is 10.1. The molecule has 5 heteroatoms. The smallest absolute Gasteiger partial charge is 0.208 e. The molecule has 1 aromatic heterocycles. The lowest BCUT2D eigenvalue weighted by molar-refractivity contribution is 0.123. The van der Waals surface area contributed by atoms with E-state index in [0.717, 1.165) is 28.7 Å². The Morgan fingerprint density at radius 1 is 1.08 bits per heavy atom. The number of rotatable bonds is 7. The number of ether oxygens (including phenoxy) is 1. The van der Waals surface area contributed by atoms with Crippen LogP contribution in [0.2, 0.25) is 0 Å². The highest BCUT2D eigenvalue weighted by atomic mass is 32.2. The molecule has 0 aliphatic heterocycles. The van der Waals surface area contributed by atoms with Crippen LogP contribution in [0.25, 0.3) is 11.4 Å². The Bertz CT molecular complexity index is 756. The third kappa shape index (κ3) is 4.04. The quantitative estimate of drug-likeness (QED) is 0.643. The van der Waals surface area contributed by atoms with E-state index in [2.05, 4.69) is 58.5 Å². The number of H-pyrrole nitrogens is 1. The van der Waals surface area contributed by atoms with Gasteiger partial charge in [0.1, 0.15) is 0 Å². The molecule has 0 spiro atoms. The van der Waals surface area contributed by atoms with Gasteiger partial charge in [-0.15, -0.1) is 5.10 Å². The molecule has 0 saturated carbocycles. The summed E-state index contributed by atoms with van der Waals surface area (Å²) < 4.78 is 5.59. The monoisotopic (exact) mass is 339 g/mol. The first kappa shape index (κ1) is 16.7. The number of benzene rings is 2.